The molecule has 0 amide bonds. The fraction of sp³-hybridized carbons (Fsp3) is 1.00. The van der Waals surface area contributed by atoms with Crippen LogP contribution >= 0.6 is 0 Å². The van der Waals surface area contributed by atoms with Crippen LogP contribution in [0.4, 0.5) is 0 Å². The van der Waals surface area contributed by atoms with Crippen LogP contribution in [-0.2, 0) is 4.74 Å². The highest BCUT2D eigenvalue weighted by atomic mass is 16.5. The fourth-order valence-electron chi connectivity index (χ4n) is 3.57. The summed E-state index contributed by atoms with van der Waals surface area (Å²) in [5.41, 5.74) is 0. The van der Waals surface area contributed by atoms with Gasteiger partial charge in [0.25, 0.3) is 0 Å². The summed E-state index contributed by atoms with van der Waals surface area (Å²) >= 11 is 0. The topological polar surface area (TPSA) is 21.3 Å². The first-order valence-corrected chi connectivity index (χ1v) is 7.25. The van der Waals surface area contributed by atoms with Crippen molar-refractivity contribution in [2.24, 2.45) is 11.8 Å². The normalized spacial score (nSPS) is 37.5. The van der Waals surface area contributed by atoms with Gasteiger partial charge in [0.1, 0.15) is 0 Å². The molecule has 2 nitrogen and oxygen atoms in total. The summed E-state index contributed by atoms with van der Waals surface area (Å²) in [7, 11) is 0. The Labute approximate surface area is 99.1 Å². The average Bonchev–Trinajstić information content (AvgIpc) is 3.15. The minimum Gasteiger partial charge on any atom is -0.381 e. The first-order valence-electron chi connectivity index (χ1n) is 7.25. The Morgan fingerprint density at radius 3 is 2.31 bits per heavy atom. The summed E-state index contributed by atoms with van der Waals surface area (Å²) < 4.78 is 5.42. The van der Waals surface area contributed by atoms with E-state index in [4.69, 9.17) is 4.74 Å². The van der Waals surface area contributed by atoms with E-state index in [1.54, 1.807) is 0 Å². The minimum absolute atomic E-state index is 0.747. The van der Waals surface area contributed by atoms with Gasteiger partial charge < -0.3 is 10.1 Å². The van der Waals surface area contributed by atoms with Gasteiger partial charge in [-0.2, -0.15) is 0 Å². The van der Waals surface area contributed by atoms with Crippen molar-refractivity contribution in [3.63, 3.8) is 0 Å². The second-order valence-corrected chi connectivity index (χ2v) is 6.01. The quantitative estimate of drug-likeness (QED) is 0.794. The van der Waals surface area contributed by atoms with Gasteiger partial charge in [0.15, 0.2) is 0 Å². The lowest BCUT2D eigenvalue weighted by Gasteiger charge is -2.34. The van der Waals surface area contributed by atoms with Crippen LogP contribution in [0.5, 0.6) is 0 Å². The Hall–Kier alpha value is -0.0800. The van der Waals surface area contributed by atoms with E-state index in [2.05, 4.69) is 5.32 Å². The Balaban J connectivity index is 1.46. The van der Waals surface area contributed by atoms with Gasteiger partial charge in [-0.05, 0) is 50.4 Å². The summed E-state index contributed by atoms with van der Waals surface area (Å²) in [6.07, 6.45) is 11.3. The average molecular weight is 223 g/mol. The molecule has 1 heterocycles. The van der Waals surface area contributed by atoms with E-state index in [1.807, 2.05) is 0 Å². The van der Waals surface area contributed by atoms with Crippen molar-refractivity contribution in [1.29, 1.82) is 0 Å². The molecule has 92 valence electrons. The maximum absolute atomic E-state index is 5.42. The van der Waals surface area contributed by atoms with E-state index >= 15 is 0 Å². The molecule has 2 heteroatoms. The van der Waals surface area contributed by atoms with E-state index in [1.165, 1.54) is 51.4 Å². The minimum atomic E-state index is 0.747. The molecule has 3 rings (SSSR count). The van der Waals surface area contributed by atoms with Crippen LogP contribution in [0.3, 0.4) is 0 Å². The molecule has 1 N–H and O–H groups in total. The van der Waals surface area contributed by atoms with Crippen LogP contribution in [0.15, 0.2) is 0 Å². The van der Waals surface area contributed by atoms with Crippen molar-refractivity contribution >= 4 is 0 Å². The molecule has 2 aliphatic carbocycles. The monoisotopic (exact) mass is 223 g/mol. The molecule has 1 saturated heterocycles. The molecule has 16 heavy (non-hydrogen) atoms. The van der Waals surface area contributed by atoms with E-state index in [0.29, 0.717) is 0 Å². The van der Waals surface area contributed by atoms with Crippen LogP contribution in [-0.4, -0.2) is 25.3 Å². The molecule has 0 bridgehead atoms. The predicted octanol–water partition coefficient (Wildman–Crippen LogP) is 2.72. The first-order chi connectivity index (χ1) is 7.92. The van der Waals surface area contributed by atoms with Gasteiger partial charge in [0.2, 0.25) is 0 Å². The smallest absolute Gasteiger partial charge is 0.0480 e. The largest absolute Gasteiger partial charge is 0.381 e. The Morgan fingerprint density at radius 2 is 1.56 bits per heavy atom. The molecule has 0 aromatic carbocycles. The summed E-state index contributed by atoms with van der Waals surface area (Å²) in [4.78, 5) is 0. The van der Waals surface area contributed by atoms with Gasteiger partial charge in [-0.1, -0.05) is 12.8 Å². The highest BCUT2D eigenvalue weighted by Gasteiger charge is 2.35. The third-order valence-electron chi connectivity index (χ3n) is 4.70. The van der Waals surface area contributed by atoms with E-state index in [-0.39, 0.29) is 0 Å². The lowest BCUT2D eigenvalue weighted by atomic mass is 9.82. The van der Waals surface area contributed by atoms with Gasteiger partial charge in [-0.15, -0.1) is 0 Å². The zero-order valence-corrected chi connectivity index (χ0v) is 10.3. The molecule has 3 fully saturated rings. The van der Waals surface area contributed by atoms with Crippen LogP contribution in [0.2, 0.25) is 0 Å². The second-order valence-electron chi connectivity index (χ2n) is 6.01. The van der Waals surface area contributed by atoms with E-state index in [0.717, 1.165) is 37.1 Å². The highest BCUT2D eigenvalue weighted by molar-refractivity contribution is 4.89. The van der Waals surface area contributed by atoms with E-state index in [9.17, 15) is 0 Å². The van der Waals surface area contributed by atoms with Crippen molar-refractivity contribution in [2.45, 2.75) is 63.5 Å². The van der Waals surface area contributed by atoms with Gasteiger partial charge in [-0.3, -0.25) is 0 Å². The zero-order chi connectivity index (χ0) is 10.8. The van der Waals surface area contributed by atoms with Crippen molar-refractivity contribution in [3.8, 4) is 0 Å². The molecule has 0 radical (unpaired) electrons. The zero-order valence-electron chi connectivity index (χ0n) is 10.3. The lowest BCUT2D eigenvalue weighted by Crippen LogP contribution is -2.43. The SMILES string of the molecule is C1C[C@H](NC2CCOCC2)C[C@H](C2CC2)C1. The molecule has 0 unspecified atom stereocenters. The Kier molecular flexibility index (Phi) is 3.49. The Bertz CT molecular complexity index is 221. The van der Waals surface area contributed by atoms with Crippen molar-refractivity contribution in [3.05, 3.63) is 0 Å². The molecular weight excluding hydrogens is 198 g/mol. The van der Waals surface area contributed by atoms with Crippen molar-refractivity contribution in [2.75, 3.05) is 13.2 Å². The van der Waals surface area contributed by atoms with Gasteiger partial charge in [-0.25, -0.2) is 0 Å². The van der Waals surface area contributed by atoms with Crippen LogP contribution in [0, 0.1) is 11.8 Å². The fourth-order valence-corrected chi connectivity index (χ4v) is 3.57. The third kappa shape index (κ3) is 2.78. The maximum Gasteiger partial charge on any atom is 0.0480 e. The number of hydrogen-bond acceptors (Lipinski definition) is 2. The van der Waals surface area contributed by atoms with Crippen LogP contribution in [0.25, 0.3) is 0 Å². The number of rotatable bonds is 3. The first kappa shape index (κ1) is 11.0. The standard InChI is InChI=1S/C14H25NO/c1-2-12(11-4-5-11)10-14(3-1)15-13-6-8-16-9-7-13/h11-15H,1-10H2/t12-,14+/m1/s1. The van der Waals surface area contributed by atoms with Crippen LogP contribution in [0.1, 0.15) is 51.4 Å². The summed E-state index contributed by atoms with van der Waals surface area (Å²) in [5.74, 6) is 2.17. The summed E-state index contributed by atoms with van der Waals surface area (Å²) in [6, 6.07) is 1.57. The molecule has 0 aromatic rings. The highest BCUT2D eigenvalue weighted by Crippen LogP contribution is 2.43. The number of hydrogen-bond donors (Lipinski definition) is 1. The molecule has 0 spiro atoms. The predicted molar refractivity (Wildman–Crippen MR) is 65.4 cm³/mol. The van der Waals surface area contributed by atoms with Gasteiger partial charge in [0.05, 0.1) is 0 Å². The van der Waals surface area contributed by atoms with Gasteiger partial charge >= 0.3 is 0 Å². The number of ether oxygens (including phenoxy) is 1. The van der Waals surface area contributed by atoms with Crippen molar-refractivity contribution in [1.82, 2.24) is 5.32 Å². The van der Waals surface area contributed by atoms with Crippen LogP contribution < -0.4 is 5.32 Å². The third-order valence-corrected chi connectivity index (χ3v) is 4.70. The number of nitrogens with one attached hydrogen (secondary N) is 1. The molecule has 0 aromatic heterocycles. The van der Waals surface area contributed by atoms with Crippen molar-refractivity contribution < 1.29 is 4.74 Å². The Morgan fingerprint density at radius 1 is 0.750 bits per heavy atom. The second kappa shape index (κ2) is 5.05. The molecular formula is C14H25NO. The van der Waals surface area contributed by atoms with E-state index < -0.39 is 0 Å². The molecule has 2 atom stereocenters. The molecule has 3 aliphatic rings. The van der Waals surface area contributed by atoms with Gasteiger partial charge in [0, 0.05) is 25.3 Å². The summed E-state index contributed by atoms with van der Waals surface area (Å²) in [6.45, 7) is 1.94. The lowest BCUT2D eigenvalue weighted by molar-refractivity contribution is 0.0714. The molecule has 2 saturated carbocycles. The summed E-state index contributed by atoms with van der Waals surface area (Å²) in [5, 5.41) is 3.89. The molecule has 1 aliphatic heterocycles. The maximum atomic E-state index is 5.42.